The van der Waals surface area contributed by atoms with Crippen LogP contribution in [0.25, 0.3) is 11.1 Å². The molecule has 0 spiro atoms. The Bertz CT molecular complexity index is 545. The number of rotatable bonds is 4. The lowest BCUT2D eigenvalue weighted by atomic mass is 9.82. The van der Waals surface area contributed by atoms with E-state index in [-0.39, 0.29) is 5.41 Å². The van der Waals surface area contributed by atoms with Crippen LogP contribution in [0.4, 0.5) is 0 Å². The van der Waals surface area contributed by atoms with E-state index in [2.05, 4.69) is 44.8 Å². The first kappa shape index (κ1) is 13.1. The standard InChI is InChI=1S/C15H22N2O/c1-5-15(6-2,9-16)14-17-12-8-10(3)7-11(4)13(12)18-14/h7-8H,5-6,9,16H2,1-4H3. The summed E-state index contributed by atoms with van der Waals surface area (Å²) < 4.78 is 6.00. The number of hydrogen-bond donors (Lipinski definition) is 1. The molecule has 0 bridgehead atoms. The predicted molar refractivity (Wildman–Crippen MR) is 74.8 cm³/mol. The maximum absolute atomic E-state index is 6.00. The molecule has 2 N–H and O–H groups in total. The van der Waals surface area contributed by atoms with Crippen LogP contribution >= 0.6 is 0 Å². The van der Waals surface area contributed by atoms with Gasteiger partial charge in [0.2, 0.25) is 5.89 Å². The molecule has 0 saturated heterocycles. The molecule has 1 aromatic carbocycles. The van der Waals surface area contributed by atoms with Gasteiger partial charge in [-0.1, -0.05) is 19.9 Å². The van der Waals surface area contributed by atoms with Gasteiger partial charge in [0.15, 0.2) is 5.58 Å². The summed E-state index contributed by atoms with van der Waals surface area (Å²) in [7, 11) is 0. The Morgan fingerprint density at radius 1 is 1.22 bits per heavy atom. The predicted octanol–water partition coefficient (Wildman–Crippen LogP) is 3.46. The van der Waals surface area contributed by atoms with Crippen LogP contribution < -0.4 is 5.73 Å². The van der Waals surface area contributed by atoms with Gasteiger partial charge in [0.05, 0.1) is 5.41 Å². The van der Waals surface area contributed by atoms with E-state index in [9.17, 15) is 0 Å². The third kappa shape index (κ3) is 1.93. The van der Waals surface area contributed by atoms with Crippen molar-refractivity contribution in [2.45, 2.75) is 46.0 Å². The first-order valence-electron chi connectivity index (χ1n) is 6.64. The fourth-order valence-electron chi connectivity index (χ4n) is 2.53. The molecule has 2 aromatic rings. The van der Waals surface area contributed by atoms with E-state index in [4.69, 9.17) is 10.2 Å². The number of nitrogens with zero attached hydrogens (tertiary/aromatic N) is 1. The summed E-state index contributed by atoms with van der Waals surface area (Å²) >= 11 is 0. The van der Waals surface area contributed by atoms with Gasteiger partial charge in [-0.3, -0.25) is 0 Å². The summed E-state index contributed by atoms with van der Waals surface area (Å²) in [4.78, 5) is 4.67. The topological polar surface area (TPSA) is 52.0 Å². The highest BCUT2D eigenvalue weighted by atomic mass is 16.3. The molecular weight excluding hydrogens is 224 g/mol. The SMILES string of the molecule is CCC(CC)(CN)c1nc2cc(C)cc(C)c2o1. The van der Waals surface area contributed by atoms with Crippen LogP contribution in [-0.4, -0.2) is 11.5 Å². The van der Waals surface area contributed by atoms with Crippen LogP contribution in [0, 0.1) is 13.8 Å². The minimum atomic E-state index is -0.126. The largest absolute Gasteiger partial charge is 0.440 e. The molecule has 3 nitrogen and oxygen atoms in total. The van der Waals surface area contributed by atoms with E-state index < -0.39 is 0 Å². The summed E-state index contributed by atoms with van der Waals surface area (Å²) in [6.45, 7) is 9.00. The van der Waals surface area contributed by atoms with E-state index in [0.29, 0.717) is 6.54 Å². The lowest BCUT2D eigenvalue weighted by Crippen LogP contribution is -2.34. The van der Waals surface area contributed by atoms with Gasteiger partial charge in [0, 0.05) is 6.54 Å². The molecule has 0 unspecified atom stereocenters. The van der Waals surface area contributed by atoms with Crippen molar-refractivity contribution in [1.82, 2.24) is 4.98 Å². The molecule has 0 atom stereocenters. The van der Waals surface area contributed by atoms with Crippen LogP contribution in [0.3, 0.4) is 0 Å². The van der Waals surface area contributed by atoms with Crippen molar-refractivity contribution in [2.75, 3.05) is 6.54 Å². The summed E-state index contributed by atoms with van der Waals surface area (Å²) in [5, 5.41) is 0. The molecular formula is C15H22N2O. The zero-order valence-corrected chi connectivity index (χ0v) is 11.7. The van der Waals surface area contributed by atoms with Crippen LogP contribution in [0.1, 0.15) is 43.7 Å². The van der Waals surface area contributed by atoms with Gasteiger partial charge < -0.3 is 10.2 Å². The van der Waals surface area contributed by atoms with E-state index in [1.807, 2.05) is 0 Å². The Morgan fingerprint density at radius 2 is 1.89 bits per heavy atom. The van der Waals surface area contributed by atoms with Crippen LogP contribution in [0.2, 0.25) is 0 Å². The molecule has 2 rings (SSSR count). The number of nitrogens with two attached hydrogens (primary N) is 1. The average Bonchev–Trinajstić information content (AvgIpc) is 2.77. The van der Waals surface area contributed by atoms with Crippen molar-refractivity contribution in [1.29, 1.82) is 0 Å². The Labute approximate surface area is 108 Å². The first-order valence-corrected chi connectivity index (χ1v) is 6.64. The second-order valence-corrected chi connectivity index (χ2v) is 5.14. The number of hydrogen-bond acceptors (Lipinski definition) is 3. The summed E-state index contributed by atoms with van der Waals surface area (Å²) in [6, 6.07) is 4.20. The summed E-state index contributed by atoms with van der Waals surface area (Å²) in [6.07, 6.45) is 1.90. The zero-order chi connectivity index (χ0) is 13.3. The molecule has 0 fully saturated rings. The number of fused-ring (bicyclic) bond motifs is 1. The van der Waals surface area contributed by atoms with E-state index >= 15 is 0 Å². The first-order chi connectivity index (χ1) is 8.56. The third-order valence-electron chi connectivity index (χ3n) is 4.02. The van der Waals surface area contributed by atoms with E-state index in [0.717, 1.165) is 35.4 Å². The van der Waals surface area contributed by atoms with Crippen molar-refractivity contribution >= 4 is 11.1 Å². The van der Waals surface area contributed by atoms with Gasteiger partial charge >= 0.3 is 0 Å². The van der Waals surface area contributed by atoms with Crippen LogP contribution in [0.15, 0.2) is 16.5 Å². The summed E-state index contributed by atoms with van der Waals surface area (Å²) in [5.41, 5.74) is 10.0. The molecule has 0 aliphatic carbocycles. The maximum atomic E-state index is 6.00. The van der Waals surface area contributed by atoms with Crippen molar-refractivity contribution in [3.8, 4) is 0 Å². The molecule has 1 aromatic heterocycles. The Hall–Kier alpha value is -1.35. The average molecular weight is 246 g/mol. The van der Waals surface area contributed by atoms with Gasteiger partial charge in [-0.2, -0.15) is 0 Å². The smallest absolute Gasteiger partial charge is 0.202 e. The second-order valence-electron chi connectivity index (χ2n) is 5.14. The quantitative estimate of drug-likeness (QED) is 0.898. The van der Waals surface area contributed by atoms with E-state index in [1.165, 1.54) is 5.56 Å². The fourth-order valence-corrected chi connectivity index (χ4v) is 2.53. The molecule has 0 radical (unpaired) electrons. The van der Waals surface area contributed by atoms with Gasteiger partial charge in [-0.15, -0.1) is 0 Å². The highest BCUT2D eigenvalue weighted by Gasteiger charge is 2.32. The monoisotopic (exact) mass is 246 g/mol. The minimum absolute atomic E-state index is 0.126. The van der Waals surface area contributed by atoms with Crippen molar-refractivity contribution in [3.05, 3.63) is 29.2 Å². The molecule has 0 aliphatic heterocycles. The third-order valence-corrected chi connectivity index (χ3v) is 4.02. The molecule has 1 heterocycles. The minimum Gasteiger partial charge on any atom is -0.440 e. The van der Waals surface area contributed by atoms with Crippen LogP contribution in [-0.2, 0) is 5.41 Å². The maximum Gasteiger partial charge on any atom is 0.202 e. The lowest BCUT2D eigenvalue weighted by molar-refractivity contribution is 0.316. The highest BCUT2D eigenvalue weighted by Crippen LogP contribution is 2.33. The van der Waals surface area contributed by atoms with Gasteiger partial charge in [0.1, 0.15) is 5.52 Å². The van der Waals surface area contributed by atoms with Crippen molar-refractivity contribution in [3.63, 3.8) is 0 Å². The summed E-state index contributed by atoms with van der Waals surface area (Å²) in [5.74, 6) is 0.790. The molecule has 0 amide bonds. The highest BCUT2D eigenvalue weighted by molar-refractivity contribution is 5.77. The normalized spacial score (nSPS) is 12.3. The zero-order valence-electron chi connectivity index (χ0n) is 11.7. The van der Waals surface area contributed by atoms with Gasteiger partial charge in [0.25, 0.3) is 0 Å². The fraction of sp³-hybridized carbons (Fsp3) is 0.533. The number of benzene rings is 1. The van der Waals surface area contributed by atoms with Crippen LogP contribution in [0.5, 0.6) is 0 Å². The van der Waals surface area contributed by atoms with Crippen molar-refractivity contribution in [2.24, 2.45) is 5.73 Å². The Morgan fingerprint density at radius 3 is 2.44 bits per heavy atom. The molecule has 98 valence electrons. The molecule has 3 heteroatoms. The Balaban J connectivity index is 2.63. The van der Waals surface area contributed by atoms with Gasteiger partial charge in [-0.25, -0.2) is 4.98 Å². The Kier molecular flexibility index (Phi) is 3.44. The van der Waals surface area contributed by atoms with Gasteiger partial charge in [-0.05, 0) is 43.9 Å². The van der Waals surface area contributed by atoms with Crippen molar-refractivity contribution < 1.29 is 4.42 Å². The number of oxazole rings is 1. The number of aryl methyl sites for hydroxylation is 2. The second kappa shape index (κ2) is 4.73. The molecule has 18 heavy (non-hydrogen) atoms. The van der Waals surface area contributed by atoms with E-state index in [1.54, 1.807) is 0 Å². The lowest BCUT2D eigenvalue weighted by Gasteiger charge is -2.25. The molecule has 0 aliphatic rings. The molecule has 0 saturated carbocycles. The number of aromatic nitrogens is 1.